The van der Waals surface area contributed by atoms with E-state index in [-0.39, 0.29) is 11.7 Å². The Balaban J connectivity index is 1.56. The van der Waals surface area contributed by atoms with Gasteiger partial charge in [-0.3, -0.25) is 0 Å². The fraction of sp³-hybridized carbons (Fsp3) is 0.462. The number of hydrogen-bond acceptors (Lipinski definition) is 5. The zero-order valence-electron chi connectivity index (χ0n) is 10.7. The van der Waals surface area contributed by atoms with E-state index in [4.69, 9.17) is 4.74 Å². The summed E-state index contributed by atoms with van der Waals surface area (Å²) in [6.45, 7) is 3.30. The van der Waals surface area contributed by atoms with E-state index in [1.54, 1.807) is 22.2 Å². The van der Waals surface area contributed by atoms with Crippen molar-refractivity contribution in [1.29, 1.82) is 0 Å². The molecule has 2 aromatic heterocycles. The number of thiophene rings is 1. The van der Waals surface area contributed by atoms with Crippen LogP contribution in [0.4, 0.5) is 0 Å². The van der Waals surface area contributed by atoms with Gasteiger partial charge < -0.3 is 4.74 Å². The smallest absolute Gasteiger partial charge is 0.360 e. The second-order valence-electron chi connectivity index (χ2n) is 4.95. The maximum absolute atomic E-state index is 11.8. The Hall–Kier alpha value is -1.69. The van der Waals surface area contributed by atoms with Crippen molar-refractivity contribution >= 4 is 17.3 Å². The van der Waals surface area contributed by atoms with Gasteiger partial charge in [-0.1, -0.05) is 18.2 Å². The number of hydrogen-bond donors (Lipinski definition) is 0. The Bertz CT molecular complexity index is 564. The lowest BCUT2D eigenvalue weighted by Gasteiger charge is -2.00. The topological polar surface area (TPSA) is 57.0 Å². The van der Waals surface area contributed by atoms with Gasteiger partial charge in [-0.2, -0.15) is 0 Å². The number of nitrogens with zero attached hydrogens (tertiary/aromatic N) is 3. The van der Waals surface area contributed by atoms with Crippen LogP contribution in [0.2, 0.25) is 0 Å². The first kappa shape index (κ1) is 12.3. The van der Waals surface area contributed by atoms with E-state index in [0.717, 1.165) is 6.42 Å². The van der Waals surface area contributed by atoms with E-state index in [1.807, 2.05) is 17.5 Å². The lowest BCUT2D eigenvalue weighted by molar-refractivity contribution is 0.0474. The quantitative estimate of drug-likeness (QED) is 0.786. The molecule has 0 N–H and O–H groups in total. The van der Waals surface area contributed by atoms with Crippen LogP contribution in [0.1, 0.15) is 28.7 Å². The van der Waals surface area contributed by atoms with Gasteiger partial charge in [0.05, 0.1) is 19.3 Å². The van der Waals surface area contributed by atoms with Crippen LogP contribution in [0.3, 0.4) is 0 Å². The zero-order chi connectivity index (χ0) is 13.2. The first-order valence-electron chi connectivity index (χ1n) is 6.32. The molecule has 6 heteroatoms. The van der Waals surface area contributed by atoms with Gasteiger partial charge in [-0.25, -0.2) is 9.48 Å². The minimum atomic E-state index is -0.378. The summed E-state index contributed by atoms with van der Waals surface area (Å²) in [4.78, 5) is 12.9. The normalized spacial score (nSPS) is 21.3. The first-order chi connectivity index (χ1) is 9.22. The Morgan fingerprint density at radius 1 is 1.63 bits per heavy atom. The number of carbonyl (C=O) groups is 1. The van der Waals surface area contributed by atoms with E-state index in [2.05, 4.69) is 17.2 Å². The Morgan fingerprint density at radius 2 is 2.47 bits per heavy atom. The van der Waals surface area contributed by atoms with Gasteiger partial charge in [0.1, 0.15) is 0 Å². The van der Waals surface area contributed by atoms with E-state index in [0.29, 0.717) is 25.0 Å². The van der Waals surface area contributed by atoms with Gasteiger partial charge in [-0.05, 0) is 29.7 Å². The maximum Gasteiger partial charge on any atom is 0.360 e. The lowest BCUT2D eigenvalue weighted by Crippen LogP contribution is -2.08. The number of esters is 1. The molecule has 0 amide bonds. The largest absolute Gasteiger partial charge is 0.461 e. The standard InChI is InChI=1S/C13H15N3O2S/c1-9-5-10(9)8-18-13(17)12-7-16(15-14-12)6-11-3-2-4-19-11/h2-4,7,9-10H,5-6,8H2,1H3/t9-,10-/m1/s1. The minimum Gasteiger partial charge on any atom is -0.461 e. The highest BCUT2D eigenvalue weighted by Crippen LogP contribution is 2.37. The predicted octanol–water partition coefficient (Wildman–Crippen LogP) is 2.20. The van der Waals surface area contributed by atoms with Crippen molar-refractivity contribution in [3.8, 4) is 0 Å². The summed E-state index contributed by atoms with van der Waals surface area (Å²) in [5, 5.41) is 9.81. The number of aromatic nitrogens is 3. The molecule has 0 bridgehead atoms. The van der Waals surface area contributed by atoms with Crippen molar-refractivity contribution in [1.82, 2.24) is 15.0 Å². The molecular weight excluding hydrogens is 262 g/mol. The minimum absolute atomic E-state index is 0.282. The zero-order valence-corrected chi connectivity index (χ0v) is 11.5. The first-order valence-corrected chi connectivity index (χ1v) is 7.20. The molecule has 0 saturated heterocycles. The summed E-state index contributed by atoms with van der Waals surface area (Å²) in [7, 11) is 0. The molecule has 2 atom stereocenters. The molecule has 1 aliphatic carbocycles. The van der Waals surface area contributed by atoms with Crippen molar-refractivity contribution in [2.75, 3.05) is 6.61 Å². The third-order valence-electron chi connectivity index (χ3n) is 3.35. The van der Waals surface area contributed by atoms with Crippen LogP contribution in [-0.4, -0.2) is 27.6 Å². The molecule has 3 rings (SSSR count). The molecule has 19 heavy (non-hydrogen) atoms. The van der Waals surface area contributed by atoms with Crippen LogP contribution < -0.4 is 0 Å². The van der Waals surface area contributed by atoms with Crippen LogP contribution in [0.25, 0.3) is 0 Å². The van der Waals surface area contributed by atoms with Crippen LogP contribution in [0, 0.1) is 11.8 Å². The summed E-state index contributed by atoms with van der Waals surface area (Å²) in [5.74, 6) is 0.837. The van der Waals surface area contributed by atoms with E-state index >= 15 is 0 Å². The van der Waals surface area contributed by atoms with E-state index in [9.17, 15) is 4.79 Å². The monoisotopic (exact) mass is 277 g/mol. The second-order valence-corrected chi connectivity index (χ2v) is 5.98. The fourth-order valence-corrected chi connectivity index (χ4v) is 2.62. The Kier molecular flexibility index (Phi) is 3.33. The Labute approximate surface area is 115 Å². The van der Waals surface area contributed by atoms with Gasteiger partial charge in [0.15, 0.2) is 5.69 Å². The molecule has 1 fully saturated rings. The highest BCUT2D eigenvalue weighted by atomic mass is 32.1. The van der Waals surface area contributed by atoms with E-state index < -0.39 is 0 Å². The van der Waals surface area contributed by atoms with Crippen molar-refractivity contribution < 1.29 is 9.53 Å². The molecular formula is C13H15N3O2S. The predicted molar refractivity (Wildman–Crippen MR) is 71.0 cm³/mol. The molecule has 0 aromatic carbocycles. The highest BCUT2D eigenvalue weighted by Gasteiger charge is 2.33. The van der Waals surface area contributed by atoms with Crippen LogP contribution in [0.5, 0.6) is 0 Å². The van der Waals surface area contributed by atoms with Gasteiger partial charge in [0.25, 0.3) is 0 Å². The summed E-state index contributed by atoms with van der Waals surface area (Å²) in [6.07, 6.45) is 2.79. The third-order valence-corrected chi connectivity index (χ3v) is 4.21. The summed E-state index contributed by atoms with van der Waals surface area (Å²) in [6, 6.07) is 4.02. The number of carbonyl (C=O) groups excluding carboxylic acids is 1. The second kappa shape index (κ2) is 5.13. The summed E-state index contributed by atoms with van der Waals surface area (Å²) >= 11 is 1.65. The lowest BCUT2D eigenvalue weighted by atomic mass is 10.4. The molecule has 0 radical (unpaired) electrons. The average Bonchev–Trinajstić information content (AvgIpc) is 2.87. The van der Waals surface area contributed by atoms with Crippen molar-refractivity contribution in [2.24, 2.45) is 11.8 Å². The van der Waals surface area contributed by atoms with Crippen LogP contribution in [0.15, 0.2) is 23.7 Å². The van der Waals surface area contributed by atoms with Gasteiger partial charge in [0, 0.05) is 4.88 Å². The number of rotatable bonds is 5. The molecule has 0 aliphatic heterocycles. The van der Waals surface area contributed by atoms with Gasteiger partial charge in [-0.15, -0.1) is 16.4 Å². The molecule has 5 nitrogen and oxygen atoms in total. The van der Waals surface area contributed by atoms with Gasteiger partial charge in [0.2, 0.25) is 0 Å². The molecule has 100 valence electrons. The SMILES string of the molecule is C[C@@H]1C[C@@H]1COC(=O)c1cn(Cc2cccs2)nn1. The molecule has 0 unspecified atom stereocenters. The van der Waals surface area contributed by atoms with Gasteiger partial charge >= 0.3 is 5.97 Å². The molecule has 2 aromatic rings. The molecule has 0 spiro atoms. The van der Waals surface area contributed by atoms with Crippen molar-refractivity contribution in [3.05, 3.63) is 34.3 Å². The maximum atomic E-state index is 11.8. The average molecular weight is 277 g/mol. The molecule has 1 saturated carbocycles. The van der Waals surface area contributed by atoms with Crippen LogP contribution in [-0.2, 0) is 11.3 Å². The third kappa shape index (κ3) is 3.01. The number of ether oxygens (including phenoxy) is 1. The highest BCUT2D eigenvalue weighted by molar-refractivity contribution is 7.09. The summed E-state index contributed by atoms with van der Waals surface area (Å²) in [5.41, 5.74) is 0.282. The van der Waals surface area contributed by atoms with E-state index in [1.165, 1.54) is 4.88 Å². The Morgan fingerprint density at radius 3 is 3.16 bits per heavy atom. The van der Waals surface area contributed by atoms with Crippen LogP contribution >= 0.6 is 11.3 Å². The molecule has 1 aliphatic rings. The summed E-state index contributed by atoms with van der Waals surface area (Å²) < 4.78 is 6.87. The van der Waals surface area contributed by atoms with Crippen molar-refractivity contribution in [3.63, 3.8) is 0 Å². The fourth-order valence-electron chi connectivity index (χ4n) is 1.92. The molecule has 2 heterocycles. The van der Waals surface area contributed by atoms with Crippen molar-refractivity contribution in [2.45, 2.75) is 19.9 Å².